The van der Waals surface area contributed by atoms with Crippen molar-refractivity contribution >= 4 is 13.7 Å². The summed E-state index contributed by atoms with van der Waals surface area (Å²) >= 11 is 0. The number of aliphatic hydroxyl groups excluding tert-OH is 3. The first-order chi connectivity index (χ1) is 10.7. The molecule has 1 saturated heterocycles. The quantitative estimate of drug-likeness (QED) is 0.199. The van der Waals surface area contributed by atoms with E-state index >= 15 is 0 Å². The van der Waals surface area contributed by atoms with Gasteiger partial charge in [-0.15, -0.1) is 0 Å². The molecule has 0 aromatic rings. The van der Waals surface area contributed by atoms with Gasteiger partial charge >= 0.3 is 7.82 Å². The van der Waals surface area contributed by atoms with Gasteiger partial charge in [-0.1, -0.05) is 0 Å². The molecule has 6 atom stereocenters. The fourth-order valence-corrected chi connectivity index (χ4v) is 2.85. The molecule has 0 bridgehead atoms. The Kier molecular flexibility index (Phi) is 8.01. The fraction of sp³-hybridized carbons (Fsp3) is 0.909. The first kappa shape index (κ1) is 20.4. The molecule has 23 heavy (non-hydrogen) atoms. The topological polar surface area (TPSA) is 181 Å². The average molecular weight is 358 g/mol. The SMILES string of the molecule is CC(=O)N[C@H]1[C@@H](OP(=O)(O)OCCCN)O[C@H](CO)[C@@H](O)[C@@H]1O. The summed E-state index contributed by atoms with van der Waals surface area (Å²) in [7, 11) is -4.56. The highest BCUT2D eigenvalue weighted by Crippen LogP contribution is 2.46. The lowest BCUT2D eigenvalue weighted by molar-refractivity contribution is -0.248. The van der Waals surface area contributed by atoms with Gasteiger partial charge < -0.3 is 36.0 Å². The van der Waals surface area contributed by atoms with Crippen LogP contribution in [0.15, 0.2) is 0 Å². The molecule has 1 rings (SSSR count). The number of nitrogens with one attached hydrogen (secondary N) is 1. The molecule has 0 saturated carbocycles. The number of hydrogen-bond donors (Lipinski definition) is 6. The fourth-order valence-electron chi connectivity index (χ4n) is 1.99. The summed E-state index contributed by atoms with van der Waals surface area (Å²) in [4.78, 5) is 20.8. The summed E-state index contributed by atoms with van der Waals surface area (Å²) in [6.45, 7) is 0.571. The monoisotopic (exact) mass is 358 g/mol. The molecular weight excluding hydrogens is 335 g/mol. The van der Waals surface area contributed by atoms with Crippen LogP contribution < -0.4 is 11.1 Å². The molecule has 1 fully saturated rings. The lowest BCUT2D eigenvalue weighted by Gasteiger charge is -2.42. The molecule has 1 aliphatic heterocycles. The molecule has 136 valence electrons. The highest BCUT2D eigenvalue weighted by molar-refractivity contribution is 7.47. The minimum Gasteiger partial charge on any atom is -0.394 e. The third kappa shape index (κ3) is 6.07. The van der Waals surface area contributed by atoms with E-state index < -0.39 is 51.0 Å². The maximum absolute atomic E-state index is 11.8. The number of rotatable bonds is 8. The molecule has 1 amide bonds. The molecule has 0 aliphatic carbocycles. The number of hydrogen-bond acceptors (Lipinski definition) is 9. The summed E-state index contributed by atoms with van der Waals surface area (Å²) in [6, 6.07) is -1.33. The van der Waals surface area contributed by atoms with Crippen molar-refractivity contribution in [1.82, 2.24) is 5.32 Å². The number of nitrogens with two attached hydrogens (primary N) is 1. The summed E-state index contributed by atoms with van der Waals surface area (Å²) in [5.41, 5.74) is 5.24. The van der Waals surface area contributed by atoms with E-state index in [1.165, 1.54) is 0 Å². The predicted molar refractivity (Wildman–Crippen MR) is 75.9 cm³/mol. The van der Waals surface area contributed by atoms with Crippen molar-refractivity contribution in [2.45, 2.75) is 44.0 Å². The van der Waals surface area contributed by atoms with Gasteiger partial charge in [0, 0.05) is 6.92 Å². The Balaban J connectivity index is 2.84. The maximum atomic E-state index is 11.8. The summed E-state index contributed by atoms with van der Waals surface area (Å²) in [6.07, 6.45) is -5.66. The predicted octanol–water partition coefficient (Wildman–Crippen LogP) is -2.59. The lowest BCUT2D eigenvalue weighted by Crippen LogP contribution is -2.64. The molecule has 0 aromatic carbocycles. The van der Waals surface area contributed by atoms with Gasteiger partial charge in [-0.25, -0.2) is 4.57 Å². The molecule has 12 heteroatoms. The second kappa shape index (κ2) is 9.02. The van der Waals surface area contributed by atoms with Gasteiger partial charge in [0.25, 0.3) is 0 Å². The number of aliphatic hydroxyl groups is 3. The highest BCUT2D eigenvalue weighted by atomic mass is 31.2. The van der Waals surface area contributed by atoms with Gasteiger partial charge in [-0.2, -0.15) is 0 Å². The van der Waals surface area contributed by atoms with Gasteiger partial charge in [0.1, 0.15) is 24.4 Å². The summed E-state index contributed by atoms with van der Waals surface area (Å²) in [5, 5.41) is 31.2. The Bertz CT molecular complexity index is 438. The normalized spacial score (nSPS) is 33.9. The molecule has 1 unspecified atom stereocenters. The standard InChI is InChI=1S/C11H23N2O9P/c1-6(15)13-8-10(17)9(16)7(5-14)21-11(8)22-23(18,19)20-4-2-3-12/h7-11,14,16-17H,2-5,12H2,1H3,(H,13,15)(H,18,19)/t7-,8-,9-,10-,11-/m1/s1. The van der Waals surface area contributed by atoms with Crippen LogP contribution in [0.2, 0.25) is 0 Å². The third-order valence-electron chi connectivity index (χ3n) is 3.09. The molecule has 1 aliphatic rings. The number of carbonyl (C=O) groups is 1. The highest BCUT2D eigenvalue weighted by Gasteiger charge is 2.47. The first-order valence-corrected chi connectivity index (χ1v) is 8.46. The zero-order valence-corrected chi connectivity index (χ0v) is 13.5. The van der Waals surface area contributed by atoms with Crippen molar-refractivity contribution in [3.8, 4) is 0 Å². The summed E-state index contributed by atoms with van der Waals surface area (Å²) in [5.74, 6) is -0.585. The van der Waals surface area contributed by atoms with Crippen molar-refractivity contribution < 1.29 is 43.4 Å². The number of carbonyl (C=O) groups excluding carboxylic acids is 1. The minimum atomic E-state index is -4.56. The zero-order chi connectivity index (χ0) is 17.6. The number of phosphoric ester groups is 1. The first-order valence-electron chi connectivity index (χ1n) is 6.97. The van der Waals surface area contributed by atoms with E-state index in [0.29, 0.717) is 6.42 Å². The average Bonchev–Trinajstić information content (AvgIpc) is 2.46. The van der Waals surface area contributed by atoms with Crippen LogP contribution in [0.5, 0.6) is 0 Å². The van der Waals surface area contributed by atoms with Gasteiger partial charge in [-0.05, 0) is 13.0 Å². The Morgan fingerprint density at radius 3 is 2.57 bits per heavy atom. The van der Waals surface area contributed by atoms with Crippen LogP contribution in [-0.4, -0.2) is 76.5 Å². The van der Waals surface area contributed by atoms with Gasteiger partial charge in [-0.3, -0.25) is 13.8 Å². The van der Waals surface area contributed by atoms with Gasteiger partial charge in [0.15, 0.2) is 6.29 Å². The van der Waals surface area contributed by atoms with E-state index in [1.54, 1.807) is 0 Å². The van der Waals surface area contributed by atoms with Crippen LogP contribution >= 0.6 is 7.82 Å². The van der Waals surface area contributed by atoms with Crippen molar-refractivity contribution in [2.75, 3.05) is 19.8 Å². The van der Waals surface area contributed by atoms with Crippen LogP contribution in [0, 0.1) is 0 Å². The molecule has 0 aromatic heterocycles. The van der Waals surface area contributed by atoms with Gasteiger partial charge in [0.2, 0.25) is 5.91 Å². The molecule has 7 N–H and O–H groups in total. The molecule has 0 spiro atoms. The number of amides is 1. The van der Waals surface area contributed by atoms with Crippen LogP contribution in [-0.2, 0) is 23.1 Å². The van der Waals surface area contributed by atoms with Crippen molar-refractivity contribution in [3.63, 3.8) is 0 Å². The molecule has 11 nitrogen and oxygen atoms in total. The molecule has 1 heterocycles. The van der Waals surface area contributed by atoms with E-state index in [4.69, 9.17) is 20.1 Å². The summed E-state index contributed by atoms with van der Waals surface area (Å²) < 4.78 is 26.5. The van der Waals surface area contributed by atoms with Crippen molar-refractivity contribution in [3.05, 3.63) is 0 Å². The van der Waals surface area contributed by atoms with Gasteiger partial charge in [0.05, 0.1) is 13.2 Å². The Morgan fingerprint density at radius 1 is 1.39 bits per heavy atom. The zero-order valence-electron chi connectivity index (χ0n) is 12.6. The van der Waals surface area contributed by atoms with E-state index in [1.807, 2.05) is 0 Å². The molecular formula is C11H23N2O9P. The smallest absolute Gasteiger partial charge is 0.394 e. The van der Waals surface area contributed by atoms with Crippen LogP contribution in [0.3, 0.4) is 0 Å². The second-order valence-corrected chi connectivity index (χ2v) is 6.39. The Morgan fingerprint density at radius 2 is 2.04 bits per heavy atom. The Hall–Kier alpha value is -0.620. The van der Waals surface area contributed by atoms with Crippen molar-refractivity contribution in [1.29, 1.82) is 0 Å². The van der Waals surface area contributed by atoms with E-state index in [9.17, 15) is 24.5 Å². The number of phosphoric acid groups is 1. The van der Waals surface area contributed by atoms with E-state index in [-0.39, 0.29) is 13.2 Å². The maximum Gasteiger partial charge on any atom is 0.474 e. The molecule has 0 radical (unpaired) electrons. The number of ether oxygens (including phenoxy) is 1. The second-order valence-electron chi connectivity index (χ2n) is 4.98. The minimum absolute atomic E-state index is 0.142. The van der Waals surface area contributed by atoms with Crippen LogP contribution in [0.4, 0.5) is 0 Å². The largest absolute Gasteiger partial charge is 0.474 e. The third-order valence-corrected chi connectivity index (χ3v) is 4.07. The van der Waals surface area contributed by atoms with Crippen LogP contribution in [0.25, 0.3) is 0 Å². The van der Waals surface area contributed by atoms with E-state index in [0.717, 1.165) is 6.92 Å². The van der Waals surface area contributed by atoms with Crippen LogP contribution in [0.1, 0.15) is 13.3 Å². The lowest BCUT2D eigenvalue weighted by atomic mass is 9.97. The Labute approximate surface area is 133 Å². The van der Waals surface area contributed by atoms with Crippen molar-refractivity contribution in [2.24, 2.45) is 5.73 Å². The van der Waals surface area contributed by atoms with E-state index in [2.05, 4.69) is 9.84 Å².